The Hall–Kier alpha value is -3.32. The summed E-state index contributed by atoms with van der Waals surface area (Å²) in [5.74, 6) is 0.225. The molecule has 0 spiro atoms. The maximum absolute atomic E-state index is 12.6. The molecular formula is C23H23N5OS. The van der Waals surface area contributed by atoms with Gasteiger partial charge in [-0.25, -0.2) is 4.98 Å². The van der Waals surface area contributed by atoms with Crippen LogP contribution in [-0.4, -0.2) is 25.7 Å². The molecule has 1 atom stereocenters. The predicted molar refractivity (Wildman–Crippen MR) is 118 cm³/mol. The lowest BCUT2D eigenvalue weighted by molar-refractivity contribution is 0.0954. The molecule has 0 saturated carbocycles. The van der Waals surface area contributed by atoms with Crippen molar-refractivity contribution < 1.29 is 4.79 Å². The number of thiazole rings is 1. The molecule has 7 heteroatoms. The first-order valence-electron chi connectivity index (χ1n) is 9.83. The molecule has 1 amide bonds. The average molecular weight is 418 g/mol. The number of carbonyl (C=O) groups excluding carboxylic acids is 1. The van der Waals surface area contributed by atoms with E-state index in [1.165, 1.54) is 16.9 Å². The van der Waals surface area contributed by atoms with E-state index in [0.29, 0.717) is 23.0 Å². The van der Waals surface area contributed by atoms with E-state index >= 15 is 0 Å². The number of carbonyl (C=O) groups is 1. The Balaban J connectivity index is 1.43. The zero-order chi connectivity index (χ0) is 20.9. The molecule has 0 fully saturated rings. The zero-order valence-electron chi connectivity index (χ0n) is 16.9. The van der Waals surface area contributed by atoms with Crippen molar-refractivity contribution in [1.82, 2.24) is 25.1 Å². The number of nitrogens with one attached hydrogen (secondary N) is 1. The summed E-state index contributed by atoms with van der Waals surface area (Å²) in [4.78, 5) is 21.9. The van der Waals surface area contributed by atoms with E-state index in [1.807, 2.05) is 42.1 Å². The first-order chi connectivity index (χ1) is 14.6. The Morgan fingerprint density at radius 1 is 1.17 bits per heavy atom. The molecule has 0 radical (unpaired) electrons. The van der Waals surface area contributed by atoms with Gasteiger partial charge in [0.05, 0.1) is 5.69 Å². The van der Waals surface area contributed by atoms with Gasteiger partial charge in [-0.05, 0) is 30.2 Å². The summed E-state index contributed by atoms with van der Waals surface area (Å²) < 4.78 is 1.94. The number of hydrogen-bond donors (Lipinski definition) is 1. The normalized spacial score (nSPS) is 11.9. The monoisotopic (exact) mass is 417 g/mol. The topological polar surface area (TPSA) is 72.7 Å². The SMILES string of the molecule is Cc1nc(-c2ccn(C[C@@H](C)c3ccccc3)n2)sc1C(=O)NCc1cccnc1. The Labute approximate surface area is 179 Å². The molecule has 0 bridgehead atoms. The van der Waals surface area contributed by atoms with Crippen molar-refractivity contribution in [3.8, 4) is 10.7 Å². The van der Waals surface area contributed by atoms with Crippen LogP contribution in [-0.2, 0) is 13.1 Å². The molecule has 0 aliphatic carbocycles. The van der Waals surface area contributed by atoms with Crippen LogP contribution in [0.5, 0.6) is 0 Å². The Morgan fingerprint density at radius 2 is 2.00 bits per heavy atom. The van der Waals surface area contributed by atoms with Gasteiger partial charge in [0.1, 0.15) is 15.6 Å². The van der Waals surface area contributed by atoms with E-state index in [4.69, 9.17) is 0 Å². The highest BCUT2D eigenvalue weighted by molar-refractivity contribution is 7.17. The van der Waals surface area contributed by atoms with Crippen LogP contribution in [0.25, 0.3) is 10.7 Å². The van der Waals surface area contributed by atoms with Crippen molar-refractivity contribution in [2.24, 2.45) is 0 Å². The number of nitrogens with zero attached hydrogens (tertiary/aromatic N) is 4. The number of pyridine rings is 1. The lowest BCUT2D eigenvalue weighted by Gasteiger charge is -2.11. The molecule has 4 aromatic rings. The third kappa shape index (κ3) is 4.63. The summed E-state index contributed by atoms with van der Waals surface area (Å²) in [6.45, 7) is 5.26. The lowest BCUT2D eigenvalue weighted by Crippen LogP contribution is -2.22. The summed E-state index contributed by atoms with van der Waals surface area (Å²) in [7, 11) is 0. The van der Waals surface area contributed by atoms with Crippen molar-refractivity contribution in [3.63, 3.8) is 0 Å². The van der Waals surface area contributed by atoms with E-state index in [2.05, 4.69) is 51.6 Å². The van der Waals surface area contributed by atoms with E-state index in [1.54, 1.807) is 12.4 Å². The van der Waals surface area contributed by atoms with Crippen molar-refractivity contribution in [2.45, 2.75) is 32.9 Å². The minimum Gasteiger partial charge on any atom is -0.347 e. The van der Waals surface area contributed by atoms with Gasteiger partial charge in [0, 0.05) is 37.6 Å². The number of aromatic nitrogens is 4. The van der Waals surface area contributed by atoms with Crippen molar-refractivity contribution in [1.29, 1.82) is 0 Å². The second-order valence-corrected chi connectivity index (χ2v) is 8.21. The summed E-state index contributed by atoms with van der Waals surface area (Å²) in [6.07, 6.45) is 5.42. The average Bonchev–Trinajstić information content (AvgIpc) is 3.40. The van der Waals surface area contributed by atoms with Gasteiger partial charge in [-0.2, -0.15) is 5.10 Å². The molecule has 3 aromatic heterocycles. The maximum atomic E-state index is 12.6. The first-order valence-corrected chi connectivity index (χ1v) is 10.6. The Kier molecular flexibility index (Phi) is 5.99. The van der Waals surface area contributed by atoms with Crippen LogP contribution in [0.4, 0.5) is 0 Å². The van der Waals surface area contributed by atoms with Crippen molar-refractivity contribution in [2.75, 3.05) is 0 Å². The van der Waals surface area contributed by atoms with Crippen LogP contribution in [0.15, 0.2) is 67.1 Å². The van der Waals surface area contributed by atoms with Crippen LogP contribution in [0.3, 0.4) is 0 Å². The van der Waals surface area contributed by atoms with E-state index in [9.17, 15) is 4.79 Å². The fraction of sp³-hybridized carbons (Fsp3) is 0.217. The molecule has 3 heterocycles. The summed E-state index contributed by atoms with van der Waals surface area (Å²) in [6, 6.07) is 16.1. The van der Waals surface area contributed by atoms with Gasteiger partial charge in [0.25, 0.3) is 5.91 Å². The van der Waals surface area contributed by atoms with Gasteiger partial charge in [0.15, 0.2) is 0 Å². The highest BCUT2D eigenvalue weighted by atomic mass is 32.1. The number of amides is 1. The van der Waals surface area contributed by atoms with Crippen molar-refractivity contribution in [3.05, 3.63) is 88.8 Å². The molecule has 4 rings (SSSR count). The fourth-order valence-electron chi connectivity index (χ4n) is 3.23. The number of aryl methyl sites for hydroxylation is 1. The quantitative estimate of drug-likeness (QED) is 0.482. The standard InChI is InChI=1S/C23H23N5OS/c1-16(19-8-4-3-5-9-19)15-28-12-10-20(27-28)23-26-17(2)21(30-23)22(29)25-14-18-7-6-11-24-13-18/h3-13,16H,14-15H2,1-2H3,(H,25,29)/t16-/m1/s1. The van der Waals surface area contributed by atoms with E-state index < -0.39 is 0 Å². The molecule has 1 aromatic carbocycles. The molecule has 0 aliphatic rings. The smallest absolute Gasteiger partial charge is 0.263 e. The van der Waals surface area contributed by atoms with Crippen LogP contribution in [0.1, 0.15) is 39.3 Å². The van der Waals surface area contributed by atoms with Gasteiger partial charge in [-0.1, -0.05) is 43.3 Å². The second kappa shape index (κ2) is 9.00. The largest absolute Gasteiger partial charge is 0.347 e. The summed E-state index contributed by atoms with van der Waals surface area (Å²) in [5, 5.41) is 8.37. The molecule has 1 N–H and O–H groups in total. The number of rotatable bonds is 7. The number of benzene rings is 1. The zero-order valence-corrected chi connectivity index (χ0v) is 17.8. The third-order valence-electron chi connectivity index (χ3n) is 4.87. The summed E-state index contributed by atoms with van der Waals surface area (Å²) >= 11 is 1.37. The highest BCUT2D eigenvalue weighted by Gasteiger charge is 2.18. The van der Waals surface area contributed by atoms with Gasteiger partial charge >= 0.3 is 0 Å². The van der Waals surface area contributed by atoms with Gasteiger partial charge in [-0.3, -0.25) is 14.5 Å². The Morgan fingerprint density at radius 3 is 2.77 bits per heavy atom. The summed E-state index contributed by atoms with van der Waals surface area (Å²) in [5.41, 5.74) is 3.74. The molecular weight excluding hydrogens is 394 g/mol. The first kappa shape index (κ1) is 20.0. The number of hydrogen-bond acceptors (Lipinski definition) is 5. The molecule has 0 saturated heterocycles. The molecule has 30 heavy (non-hydrogen) atoms. The Bertz CT molecular complexity index is 1120. The van der Waals surface area contributed by atoms with E-state index in [-0.39, 0.29) is 5.91 Å². The minimum absolute atomic E-state index is 0.128. The molecule has 0 aliphatic heterocycles. The minimum atomic E-state index is -0.128. The highest BCUT2D eigenvalue weighted by Crippen LogP contribution is 2.27. The van der Waals surface area contributed by atoms with Gasteiger partial charge in [0.2, 0.25) is 0 Å². The predicted octanol–water partition coefficient (Wildman–Crippen LogP) is 4.44. The lowest BCUT2D eigenvalue weighted by atomic mass is 10.0. The van der Waals surface area contributed by atoms with Crippen LogP contribution < -0.4 is 5.32 Å². The van der Waals surface area contributed by atoms with Gasteiger partial charge < -0.3 is 5.32 Å². The molecule has 152 valence electrons. The maximum Gasteiger partial charge on any atom is 0.263 e. The van der Waals surface area contributed by atoms with Crippen LogP contribution in [0, 0.1) is 6.92 Å². The van der Waals surface area contributed by atoms with Crippen molar-refractivity contribution >= 4 is 17.2 Å². The third-order valence-corrected chi connectivity index (χ3v) is 6.05. The fourth-order valence-corrected chi connectivity index (χ4v) is 4.17. The molecule has 6 nitrogen and oxygen atoms in total. The van der Waals surface area contributed by atoms with Crippen LogP contribution >= 0.6 is 11.3 Å². The van der Waals surface area contributed by atoms with Crippen LogP contribution in [0.2, 0.25) is 0 Å². The van der Waals surface area contributed by atoms with Gasteiger partial charge in [-0.15, -0.1) is 11.3 Å². The second-order valence-electron chi connectivity index (χ2n) is 7.21. The molecule has 0 unspecified atom stereocenters. The van der Waals surface area contributed by atoms with E-state index in [0.717, 1.165) is 22.8 Å².